The van der Waals surface area contributed by atoms with Gasteiger partial charge in [-0.3, -0.25) is 9.69 Å². The van der Waals surface area contributed by atoms with Crippen LogP contribution in [0.3, 0.4) is 0 Å². The number of carbonyl (C=O) groups excluding carboxylic acids is 1. The highest BCUT2D eigenvalue weighted by Crippen LogP contribution is 2.16. The minimum atomic E-state index is -0.0649. The first-order valence-electron chi connectivity index (χ1n) is 7.58. The molecule has 1 aromatic rings. The molecule has 1 amide bonds. The lowest BCUT2D eigenvalue weighted by Crippen LogP contribution is -2.50. The summed E-state index contributed by atoms with van der Waals surface area (Å²) in [6, 6.07) is 3.46. The fourth-order valence-electron chi connectivity index (χ4n) is 2.96. The number of amides is 1. The smallest absolute Gasteiger partial charge is 0.274 e. The number of ether oxygens (including phenoxy) is 1. The van der Waals surface area contributed by atoms with Gasteiger partial charge in [-0.2, -0.15) is 0 Å². The first-order valence-corrected chi connectivity index (χ1v) is 7.58. The Balaban J connectivity index is 1.53. The molecule has 6 heteroatoms. The molecule has 0 aliphatic carbocycles. The fourth-order valence-corrected chi connectivity index (χ4v) is 2.96. The Morgan fingerprint density at radius 3 is 2.86 bits per heavy atom. The Labute approximate surface area is 124 Å². The molecule has 2 N–H and O–H groups in total. The number of anilines is 1. The quantitative estimate of drug-likeness (QED) is 0.882. The van der Waals surface area contributed by atoms with Gasteiger partial charge < -0.3 is 15.4 Å². The number of rotatable bonds is 3. The monoisotopic (exact) mass is 290 g/mol. The topological polar surface area (TPSA) is 71.7 Å². The highest BCUT2D eigenvalue weighted by Gasteiger charge is 2.26. The summed E-state index contributed by atoms with van der Waals surface area (Å²) in [5.41, 5.74) is 6.64. The van der Waals surface area contributed by atoms with E-state index in [0.717, 1.165) is 45.8 Å². The Morgan fingerprint density at radius 2 is 2.19 bits per heavy atom. The van der Waals surface area contributed by atoms with E-state index < -0.39 is 0 Å². The van der Waals surface area contributed by atoms with Crippen molar-refractivity contribution in [3.05, 3.63) is 24.0 Å². The van der Waals surface area contributed by atoms with Gasteiger partial charge in [0.25, 0.3) is 5.91 Å². The van der Waals surface area contributed by atoms with E-state index in [1.165, 1.54) is 6.42 Å². The number of hydrogen-bond acceptors (Lipinski definition) is 5. The van der Waals surface area contributed by atoms with Gasteiger partial charge in [0.1, 0.15) is 0 Å². The standard InChI is InChI=1S/C15H22N4O2/c16-13-4-1-5-17-14(13)15(20)19-8-6-18(7-9-19)11-12-3-2-10-21-12/h1,4-5,12H,2-3,6-11,16H2. The van der Waals surface area contributed by atoms with Crippen LogP contribution in [-0.2, 0) is 4.74 Å². The van der Waals surface area contributed by atoms with Gasteiger partial charge in [-0.1, -0.05) is 0 Å². The lowest BCUT2D eigenvalue weighted by Gasteiger charge is -2.35. The SMILES string of the molecule is Nc1cccnc1C(=O)N1CCN(CC2CCCO2)CC1. The Hall–Kier alpha value is -1.66. The first kappa shape index (κ1) is 14.3. The van der Waals surface area contributed by atoms with E-state index in [9.17, 15) is 4.79 Å². The summed E-state index contributed by atoms with van der Waals surface area (Å²) >= 11 is 0. The molecule has 114 valence electrons. The predicted molar refractivity (Wildman–Crippen MR) is 80.0 cm³/mol. The van der Waals surface area contributed by atoms with Crippen molar-refractivity contribution >= 4 is 11.6 Å². The third-order valence-electron chi connectivity index (χ3n) is 4.19. The van der Waals surface area contributed by atoms with Crippen LogP contribution < -0.4 is 5.73 Å². The molecule has 0 spiro atoms. The summed E-state index contributed by atoms with van der Waals surface area (Å²) in [5, 5.41) is 0. The normalized spacial score (nSPS) is 23.4. The molecule has 0 radical (unpaired) electrons. The molecule has 1 aromatic heterocycles. The summed E-state index contributed by atoms with van der Waals surface area (Å²) in [5.74, 6) is -0.0649. The minimum absolute atomic E-state index is 0.0649. The number of nitrogens with two attached hydrogens (primary N) is 1. The van der Waals surface area contributed by atoms with Gasteiger partial charge in [-0.05, 0) is 25.0 Å². The Bertz CT molecular complexity index is 494. The molecular weight excluding hydrogens is 268 g/mol. The van der Waals surface area contributed by atoms with Gasteiger partial charge in [0.2, 0.25) is 0 Å². The molecule has 2 saturated heterocycles. The number of piperazine rings is 1. The summed E-state index contributed by atoms with van der Waals surface area (Å²) in [4.78, 5) is 20.7. The maximum Gasteiger partial charge on any atom is 0.274 e. The van der Waals surface area contributed by atoms with E-state index in [1.807, 2.05) is 4.90 Å². The van der Waals surface area contributed by atoms with Gasteiger partial charge in [0, 0.05) is 45.5 Å². The lowest BCUT2D eigenvalue weighted by molar-refractivity contribution is 0.0430. The second-order valence-corrected chi connectivity index (χ2v) is 5.67. The van der Waals surface area contributed by atoms with E-state index in [-0.39, 0.29) is 5.91 Å². The fraction of sp³-hybridized carbons (Fsp3) is 0.600. The highest BCUT2D eigenvalue weighted by atomic mass is 16.5. The zero-order valence-electron chi connectivity index (χ0n) is 12.2. The maximum absolute atomic E-state index is 12.4. The lowest BCUT2D eigenvalue weighted by atomic mass is 10.2. The maximum atomic E-state index is 12.4. The van der Waals surface area contributed by atoms with Crippen molar-refractivity contribution in [1.29, 1.82) is 0 Å². The van der Waals surface area contributed by atoms with Crippen molar-refractivity contribution < 1.29 is 9.53 Å². The molecule has 0 saturated carbocycles. The zero-order chi connectivity index (χ0) is 14.7. The molecule has 1 unspecified atom stereocenters. The number of aromatic nitrogens is 1. The average molecular weight is 290 g/mol. The van der Waals surface area contributed by atoms with Gasteiger partial charge >= 0.3 is 0 Å². The van der Waals surface area contributed by atoms with Crippen LogP contribution in [0.25, 0.3) is 0 Å². The predicted octanol–water partition coefficient (Wildman–Crippen LogP) is 0.601. The van der Waals surface area contributed by atoms with Crippen molar-refractivity contribution in [2.24, 2.45) is 0 Å². The third-order valence-corrected chi connectivity index (χ3v) is 4.19. The summed E-state index contributed by atoms with van der Waals surface area (Å²) in [7, 11) is 0. The largest absolute Gasteiger partial charge is 0.397 e. The zero-order valence-corrected chi connectivity index (χ0v) is 12.2. The van der Waals surface area contributed by atoms with Crippen LogP contribution in [0.15, 0.2) is 18.3 Å². The molecule has 2 aliphatic heterocycles. The molecule has 2 aliphatic rings. The molecule has 3 rings (SSSR count). The summed E-state index contributed by atoms with van der Waals surface area (Å²) in [6.45, 7) is 5.09. The number of pyridine rings is 1. The molecule has 6 nitrogen and oxygen atoms in total. The van der Waals surface area contributed by atoms with Crippen LogP contribution in [0.1, 0.15) is 23.3 Å². The van der Waals surface area contributed by atoms with Gasteiger partial charge in [0.05, 0.1) is 11.8 Å². The van der Waals surface area contributed by atoms with Crippen molar-refractivity contribution in [3.8, 4) is 0 Å². The van der Waals surface area contributed by atoms with Crippen LogP contribution in [-0.4, -0.2) is 66.1 Å². The van der Waals surface area contributed by atoms with Gasteiger partial charge in [-0.25, -0.2) is 4.98 Å². The van der Waals surface area contributed by atoms with E-state index in [2.05, 4.69) is 9.88 Å². The van der Waals surface area contributed by atoms with Gasteiger partial charge in [0.15, 0.2) is 5.69 Å². The Morgan fingerprint density at radius 1 is 1.38 bits per heavy atom. The van der Waals surface area contributed by atoms with E-state index in [1.54, 1.807) is 18.3 Å². The second kappa shape index (κ2) is 6.41. The molecule has 0 aromatic carbocycles. The van der Waals surface area contributed by atoms with E-state index in [4.69, 9.17) is 10.5 Å². The molecule has 1 atom stereocenters. The number of carbonyl (C=O) groups is 1. The van der Waals surface area contributed by atoms with Crippen molar-refractivity contribution in [3.63, 3.8) is 0 Å². The molecule has 2 fully saturated rings. The Kier molecular flexibility index (Phi) is 4.36. The van der Waals surface area contributed by atoms with Gasteiger partial charge in [-0.15, -0.1) is 0 Å². The molecule has 21 heavy (non-hydrogen) atoms. The van der Waals surface area contributed by atoms with Crippen molar-refractivity contribution in [2.45, 2.75) is 18.9 Å². The van der Waals surface area contributed by atoms with E-state index in [0.29, 0.717) is 17.5 Å². The molecule has 3 heterocycles. The summed E-state index contributed by atoms with van der Waals surface area (Å²) in [6.07, 6.45) is 4.31. The first-order chi connectivity index (χ1) is 10.2. The molecular formula is C15H22N4O2. The number of hydrogen-bond donors (Lipinski definition) is 1. The molecule has 0 bridgehead atoms. The van der Waals surface area contributed by atoms with Crippen LogP contribution in [0.5, 0.6) is 0 Å². The average Bonchev–Trinajstić information content (AvgIpc) is 3.01. The second-order valence-electron chi connectivity index (χ2n) is 5.67. The van der Waals surface area contributed by atoms with Crippen LogP contribution in [0.4, 0.5) is 5.69 Å². The van der Waals surface area contributed by atoms with Crippen molar-refractivity contribution in [1.82, 2.24) is 14.8 Å². The summed E-state index contributed by atoms with van der Waals surface area (Å²) < 4.78 is 5.67. The number of nitrogens with zero attached hydrogens (tertiary/aromatic N) is 3. The van der Waals surface area contributed by atoms with Crippen LogP contribution in [0.2, 0.25) is 0 Å². The van der Waals surface area contributed by atoms with E-state index >= 15 is 0 Å². The third kappa shape index (κ3) is 3.33. The number of nitrogen functional groups attached to an aromatic ring is 1. The van der Waals surface area contributed by atoms with Crippen LogP contribution in [0, 0.1) is 0 Å². The van der Waals surface area contributed by atoms with Crippen molar-refractivity contribution in [2.75, 3.05) is 45.1 Å². The minimum Gasteiger partial charge on any atom is -0.397 e. The highest BCUT2D eigenvalue weighted by molar-refractivity contribution is 5.97. The van der Waals surface area contributed by atoms with Crippen LogP contribution >= 0.6 is 0 Å².